The van der Waals surface area contributed by atoms with Crippen molar-refractivity contribution in [3.63, 3.8) is 0 Å². The summed E-state index contributed by atoms with van der Waals surface area (Å²) in [4.78, 5) is 17.0. The molecule has 4 aromatic rings. The van der Waals surface area contributed by atoms with E-state index in [1.165, 1.54) is 0 Å². The van der Waals surface area contributed by atoms with Gasteiger partial charge in [0.2, 0.25) is 0 Å². The van der Waals surface area contributed by atoms with Crippen molar-refractivity contribution in [3.8, 4) is 11.5 Å². The van der Waals surface area contributed by atoms with Crippen LogP contribution in [0.1, 0.15) is 12.2 Å². The van der Waals surface area contributed by atoms with E-state index in [9.17, 15) is 4.79 Å². The van der Waals surface area contributed by atoms with Gasteiger partial charge in [-0.3, -0.25) is 4.79 Å². The van der Waals surface area contributed by atoms with Gasteiger partial charge in [-0.25, -0.2) is 4.98 Å². The van der Waals surface area contributed by atoms with Crippen LogP contribution in [-0.4, -0.2) is 28.7 Å². The molecule has 0 aliphatic carbocycles. The molecule has 0 unspecified atom stereocenters. The van der Waals surface area contributed by atoms with Gasteiger partial charge in [0.1, 0.15) is 17.3 Å². The van der Waals surface area contributed by atoms with Crippen LogP contribution in [0.4, 0.5) is 0 Å². The number of ether oxygens (including phenoxy) is 2. The fraction of sp³-hybridized carbons (Fsp3) is 0.200. The van der Waals surface area contributed by atoms with Crippen LogP contribution in [0, 0.1) is 0 Å². The van der Waals surface area contributed by atoms with Gasteiger partial charge in [-0.2, -0.15) is 0 Å². The van der Waals surface area contributed by atoms with Crippen LogP contribution in [0.3, 0.4) is 0 Å². The SMILES string of the molecule is O=C(COc1ccc(Cl)cc1)NCc1nc2ccccc2n1CCCOc1ccc(Cl)cc1. The lowest BCUT2D eigenvalue weighted by Crippen LogP contribution is -2.29. The van der Waals surface area contributed by atoms with Gasteiger partial charge in [0.15, 0.2) is 6.61 Å². The molecule has 0 fully saturated rings. The Bertz CT molecular complexity index is 1210. The highest BCUT2D eigenvalue weighted by atomic mass is 35.5. The Balaban J connectivity index is 1.33. The molecular weight excluding hydrogens is 461 g/mol. The number of carbonyl (C=O) groups excluding carboxylic acids is 1. The normalized spacial score (nSPS) is 10.8. The highest BCUT2D eigenvalue weighted by Crippen LogP contribution is 2.19. The Hall–Kier alpha value is -3.22. The standard InChI is InChI=1S/C25H23Cl2N3O3/c26-18-6-10-20(11-7-18)32-15-3-14-30-23-5-2-1-4-22(23)29-24(30)16-28-25(31)17-33-21-12-8-19(27)9-13-21/h1-2,4-13H,3,14-17H2,(H,28,31). The number of carbonyl (C=O) groups is 1. The van der Waals surface area contributed by atoms with Crippen molar-refractivity contribution < 1.29 is 14.3 Å². The minimum Gasteiger partial charge on any atom is -0.494 e. The molecule has 6 nitrogen and oxygen atoms in total. The van der Waals surface area contributed by atoms with Crippen LogP contribution in [0.2, 0.25) is 10.0 Å². The lowest BCUT2D eigenvalue weighted by atomic mass is 10.3. The molecule has 170 valence electrons. The van der Waals surface area contributed by atoms with Crippen LogP contribution >= 0.6 is 23.2 Å². The monoisotopic (exact) mass is 483 g/mol. The first-order chi connectivity index (χ1) is 16.1. The van der Waals surface area contributed by atoms with Crippen molar-refractivity contribution >= 4 is 40.1 Å². The highest BCUT2D eigenvalue weighted by Gasteiger charge is 2.12. The molecule has 0 aliphatic heterocycles. The number of para-hydroxylation sites is 2. The van der Waals surface area contributed by atoms with Crippen molar-refractivity contribution in [1.29, 1.82) is 0 Å². The fourth-order valence-electron chi connectivity index (χ4n) is 3.36. The van der Waals surface area contributed by atoms with Crippen LogP contribution < -0.4 is 14.8 Å². The summed E-state index contributed by atoms with van der Waals surface area (Å²) in [7, 11) is 0. The summed E-state index contributed by atoms with van der Waals surface area (Å²) in [6.45, 7) is 1.47. The van der Waals surface area contributed by atoms with Crippen molar-refractivity contribution in [2.24, 2.45) is 0 Å². The van der Waals surface area contributed by atoms with Gasteiger partial charge in [-0.15, -0.1) is 0 Å². The molecule has 4 rings (SSSR count). The lowest BCUT2D eigenvalue weighted by molar-refractivity contribution is -0.123. The van der Waals surface area contributed by atoms with Crippen molar-refractivity contribution in [2.75, 3.05) is 13.2 Å². The van der Waals surface area contributed by atoms with Crippen LogP contribution in [0.25, 0.3) is 11.0 Å². The summed E-state index contributed by atoms with van der Waals surface area (Å²) < 4.78 is 13.4. The maximum Gasteiger partial charge on any atom is 0.258 e. The molecule has 33 heavy (non-hydrogen) atoms. The second-order valence-electron chi connectivity index (χ2n) is 7.34. The lowest BCUT2D eigenvalue weighted by Gasteiger charge is -2.12. The number of amides is 1. The molecule has 1 amide bonds. The molecule has 0 atom stereocenters. The third-order valence-corrected chi connectivity index (χ3v) is 5.47. The topological polar surface area (TPSA) is 65.4 Å². The number of halogens is 2. The van der Waals surface area contributed by atoms with Gasteiger partial charge in [0.25, 0.3) is 5.91 Å². The molecule has 1 N–H and O–H groups in total. The van der Waals surface area contributed by atoms with Gasteiger partial charge < -0.3 is 19.4 Å². The average Bonchev–Trinajstić information content (AvgIpc) is 3.18. The maximum atomic E-state index is 12.3. The van der Waals surface area contributed by atoms with Gasteiger partial charge >= 0.3 is 0 Å². The van der Waals surface area contributed by atoms with E-state index in [4.69, 9.17) is 37.7 Å². The Morgan fingerprint density at radius 3 is 2.21 bits per heavy atom. The summed E-state index contributed by atoms with van der Waals surface area (Å²) in [6, 6.07) is 22.1. The summed E-state index contributed by atoms with van der Waals surface area (Å²) >= 11 is 11.8. The van der Waals surface area contributed by atoms with E-state index in [0.717, 1.165) is 29.0 Å². The zero-order valence-corrected chi connectivity index (χ0v) is 19.4. The largest absolute Gasteiger partial charge is 0.494 e. The van der Waals surface area contributed by atoms with Gasteiger partial charge in [0.05, 0.1) is 24.2 Å². The second-order valence-corrected chi connectivity index (χ2v) is 8.22. The number of imidazole rings is 1. The number of hydrogen-bond acceptors (Lipinski definition) is 4. The first kappa shape index (κ1) is 23.0. The van der Waals surface area contributed by atoms with Crippen LogP contribution in [0.5, 0.6) is 11.5 Å². The molecule has 0 saturated heterocycles. The van der Waals surface area contributed by atoms with Crippen LogP contribution in [-0.2, 0) is 17.9 Å². The van der Waals surface area contributed by atoms with Crippen molar-refractivity contribution in [2.45, 2.75) is 19.5 Å². The number of aromatic nitrogens is 2. The third kappa shape index (κ3) is 6.40. The number of nitrogens with one attached hydrogen (secondary N) is 1. The fourth-order valence-corrected chi connectivity index (χ4v) is 3.61. The molecule has 8 heteroatoms. The van der Waals surface area contributed by atoms with E-state index in [1.54, 1.807) is 36.4 Å². The van der Waals surface area contributed by atoms with Crippen molar-refractivity contribution in [3.05, 3.63) is 88.7 Å². The summed E-state index contributed by atoms with van der Waals surface area (Å²) in [5, 5.41) is 4.18. The number of nitrogens with zero attached hydrogens (tertiary/aromatic N) is 2. The van der Waals surface area contributed by atoms with E-state index in [-0.39, 0.29) is 12.5 Å². The Labute approximate surface area is 202 Å². The van der Waals surface area contributed by atoms with E-state index in [1.807, 2.05) is 36.4 Å². The quantitative estimate of drug-likeness (QED) is 0.302. The Morgan fingerprint density at radius 2 is 1.52 bits per heavy atom. The molecule has 0 radical (unpaired) electrons. The molecule has 0 aliphatic rings. The van der Waals surface area contributed by atoms with Crippen molar-refractivity contribution in [1.82, 2.24) is 14.9 Å². The number of aryl methyl sites for hydroxylation is 1. The average molecular weight is 484 g/mol. The Kier molecular flexibility index (Phi) is 7.70. The maximum absolute atomic E-state index is 12.3. The first-order valence-corrected chi connectivity index (χ1v) is 11.3. The van der Waals surface area contributed by atoms with E-state index < -0.39 is 0 Å². The number of hydrogen-bond donors (Lipinski definition) is 1. The smallest absolute Gasteiger partial charge is 0.258 e. The van der Waals surface area contributed by atoms with Gasteiger partial charge in [-0.05, 0) is 67.1 Å². The van der Waals surface area contributed by atoms with E-state index >= 15 is 0 Å². The number of fused-ring (bicyclic) bond motifs is 1. The molecule has 0 spiro atoms. The molecule has 0 bridgehead atoms. The third-order valence-electron chi connectivity index (χ3n) is 4.97. The summed E-state index contributed by atoms with van der Waals surface area (Å²) in [5.74, 6) is 1.92. The minimum atomic E-state index is -0.227. The molecule has 0 saturated carbocycles. The molecule has 1 aromatic heterocycles. The zero-order chi connectivity index (χ0) is 23.0. The predicted molar refractivity (Wildman–Crippen MR) is 130 cm³/mol. The zero-order valence-electron chi connectivity index (χ0n) is 17.8. The summed E-state index contributed by atoms with van der Waals surface area (Å²) in [6.07, 6.45) is 0.781. The van der Waals surface area contributed by atoms with Gasteiger partial charge in [-0.1, -0.05) is 35.3 Å². The molecule has 1 heterocycles. The molecular formula is C25H23Cl2N3O3. The van der Waals surface area contributed by atoms with E-state index in [0.29, 0.717) is 35.5 Å². The first-order valence-electron chi connectivity index (χ1n) is 10.6. The number of rotatable bonds is 10. The van der Waals surface area contributed by atoms with E-state index in [2.05, 4.69) is 9.88 Å². The highest BCUT2D eigenvalue weighted by molar-refractivity contribution is 6.30. The second kappa shape index (κ2) is 11.1. The number of benzene rings is 3. The summed E-state index contributed by atoms with van der Waals surface area (Å²) in [5.41, 5.74) is 1.91. The Morgan fingerprint density at radius 1 is 0.879 bits per heavy atom. The minimum absolute atomic E-state index is 0.0865. The molecule has 3 aromatic carbocycles. The predicted octanol–water partition coefficient (Wildman–Crippen LogP) is 5.51. The van der Waals surface area contributed by atoms with Crippen LogP contribution in [0.15, 0.2) is 72.8 Å². The van der Waals surface area contributed by atoms with Gasteiger partial charge in [0, 0.05) is 16.6 Å².